The number of aryl methyl sites for hydroxylation is 3. The lowest BCUT2D eigenvalue weighted by Crippen LogP contribution is -2.26. The zero-order valence-electron chi connectivity index (χ0n) is 39.3. The molecule has 6 aromatic rings. The fraction of sp³-hybridized carbons (Fsp3) is 0.400. The number of rotatable bonds is 22. The normalized spacial score (nSPS) is 13.1. The van der Waals surface area contributed by atoms with E-state index >= 15 is 0 Å². The highest BCUT2D eigenvalue weighted by atomic mass is 15.1. The van der Waals surface area contributed by atoms with Crippen molar-refractivity contribution in [3.8, 4) is 11.1 Å². The second-order valence-electron chi connectivity index (χ2n) is 18.7. The first kappa shape index (κ1) is 45.0. The van der Waals surface area contributed by atoms with Crippen LogP contribution in [0, 0.1) is 20.8 Å². The Hall–Kier alpha value is -5.08. The van der Waals surface area contributed by atoms with Crippen LogP contribution in [0.25, 0.3) is 11.1 Å². The van der Waals surface area contributed by atoms with Crippen LogP contribution in [0.4, 0.5) is 34.1 Å². The van der Waals surface area contributed by atoms with Gasteiger partial charge in [-0.1, -0.05) is 182 Å². The minimum atomic E-state index is -0.0855. The predicted molar refractivity (Wildman–Crippen MR) is 271 cm³/mol. The molecule has 2 heteroatoms. The average molecular weight is 823 g/mol. The first-order valence-electron chi connectivity index (χ1n) is 24.5. The molecule has 0 heterocycles. The lowest BCUT2D eigenvalue weighted by atomic mass is 9.70. The van der Waals surface area contributed by atoms with Gasteiger partial charge in [-0.15, -0.1) is 0 Å². The summed E-state index contributed by atoms with van der Waals surface area (Å²) in [4.78, 5) is 4.99. The molecule has 1 atom stereocenters. The largest absolute Gasteiger partial charge is 0.310 e. The molecule has 0 radical (unpaired) electrons. The molecular weight excluding hydrogens is 749 g/mol. The van der Waals surface area contributed by atoms with E-state index in [2.05, 4.69) is 192 Å². The van der Waals surface area contributed by atoms with Crippen LogP contribution in [0.5, 0.6) is 0 Å². The van der Waals surface area contributed by atoms with Crippen molar-refractivity contribution in [2.75, 3.05) is 9.80 Å². The molecule has 0 spiro atoms. The topological polar surface area (TPSA) is 6.48 Å². The molecule has 0 aromatic heterocycles. The van der Waals surface area contributed by atoms with Crippen molar-refractivity contribution in [2.45, 2.75) is 156 Å². The van der Waals surface area contributed by atoms with Crippen LogP contribution in [-0.4, -0.2) is 0 Å². The summed E-state index contributed by atoms with van der Waals surface area (Å²) in [6.45, 7) is 15.8. The van der Waals surface area contributed by atoms with Crippen molar-refractivity contribution in [1.82, 2.24) is 0 Å². The Bertz CT molecular complexity index is 2240. The van der Waals surface area contributed by atoms with E-state index in [0.717, 1.165) is 6.42 Å². The Morgan fingerprint density at radius 2 is 0.710 bits per heavy atom. The number of fused-ring (bicyclic) bond motifs is 3. The molecule has 0 N–H and O–H groups in total. The fourth-order valence-corrected chi connectivity index (χ4v) is 9.99. The van der Waals surface area contributed by atoms with E-state index in [1.807, 2.05) is 0 Å². The Labute approximate surface area is 376 Å². The number of anilines is 6. The summed E-state index contributed by atoms with van der Waals surface area (Å²) in [6, 6.07) is 51.6. The minimum absolute atomic E-state index is 0.0855. The molecule has 6 aromatic carbocycles. The maximum absolute atomic E-state index is 2.61. The van der Waals surface area contributed by atoms with Crippen LogP contribution < -0.4 is 9.80 Å². The molecule has 0 amide bonds. The van der Waals surface area contributed by atoms with Gasteiger partial charge in [0.1, 0.15) is 0 Å². The summed E-state index contributed by atoms with van der Waals surface area (Å²) in [7, 11) is 0. The number of benzene rings is 6. The van der Waals surface area contributed by atoms with Crippen LogP contribution in [-0.2, 0) is 5.41 Å². The van der Waals surface area contributed by atoms with Crippen LogP contribution in [0.1, 0.15) is 163 Å². The maximum Gasteiger partial charge on any atom is 0.0465 e. The molecule has 0 saturated heterocycles. The zero-order valence-corrected chi connectivity index (χ0v) is 39.3. The Kier molecular flexibility index (Phi) is 15.5. The van der Waals surface area contributed by atoms with Gasteiger partial charge >= 0.3 is 0 Å². The number of nitrogens with zero attached hydrogens (tertiary/aromatic N) is 2. The SMILES string of the molecule is CCCCCCCCC1(CCCCCCCC)c2cc(N(c3ccc(C)cc3)c3ccc(C)cc3)ccc2-c2ccc(N(c3ccc(C)cc3)c3ccc(C(C)CC)cc3)cc21. The molecule has 1 unspecified atom stereocenters. The smallest absolute Gasteiger partial charge is 0.0465 e. The molecule has 1 aliphatic rings. The molecule has 1 aliphatic carbocycles. The van der Waals surface area contributed by atoms with Crippen molar-refractivity contribution in [1.29, 1.82) is 0 Å². The molecule has 0 fully saturated rings. The molecule has 2 nitrogen and oxygen atoms in total. The minimum Gasteiger partial charge on any atom is -0.310 e. The fourth-order valence-electron chi connectivity index (χ4n) is 9.99. The summed E-state index contributed by atoms with van der Waals surface area (Å²) in [5.74, 6) is 0.540. The Morgan fingerprint density at radius 1 is 0.387 bits per heavy atom. The van der Waals surface area contributed by atoms with E-state index in [1.165, 1.54) is 169 Å². The van der Waals surface area contributed by atoms with E-state index < -0.39 is 0 Å². The third-order valence-corrected chi connectivity index (χ3v) is 14.0. The molecule has 0 aliphatic heterocycles. The number of hydrogen-bond donors (Lipinski definition) is 0. The molecular formula is C60H74N2. The molecule has 0 bridgehead atoms. The van der Waals surface area contributed by atoms with Crippen molar-refractivity contribution in [2.24, 2.45) is 0 Å². The molecule has 62 heavy (non-hydrogen) atoms. The Balaban J connectivity index is 1.39. The van der Waals surface area contributed by atoms with Crippen molar-refractivity contribution < 1.29 is 0 Å². The van der Waals surface area contributed by atoms with E-state index in [9.17, 15) is 0 Å². The third-order valence-electron chi connectivity index (χ3n) is 14.0. The summed E-state index contributed by atoms with van der Waals surface area (Å²) < 4.78 is 0. The lowest BCUT2D eigenvalue weighted by molar-refractivity contribution is 0.398. The Morgan fingerprint density at radius 3 is 1.06 bits per heavy atom. The highest BCUT2D eigenvalue weighted by Crippen LogP contribution is 2.57. The van der Waals surface area contributed by atoms with Crippen LogP contribution in [0.3, 0.4) is 0 Å². The van der Waals surface area contributed by atoms with Gasteiger partial charge < -0.3 is 9.80 Å². The summed E-state index contributed by atoms with van der Waals surface area (Å²) in [5, 5.41) is 0. The van der Waals surface area contributed by atoms with Gasteiger partial charge in [0, 0.05) is 39.5 Å². The van der Waals surface area contributed by atoms with Crippen molar-refractivity contribution in [3.63, 3.8) is 0 Å². The second-order valence-corrected chi connectivity index (χ2v) is 18.7. The van der Waals surface area contributed by atoms with Crippen LogP contribution in [0.15, 0.2) is 133 Å². The van der Waals surface area contributed by atoms with Crippen molar-refractivity contribution in [3.05, 3.63) is 167 Å². The average Bonchev–Trinajstić information content (AvgIpc) is 3.56. The first-order chi connectivity index (χ1) is 30.3. The van der Waals surface area contributed by atoms with Gasteiger partial charge in [0.05, 0.1) is 0 Å². The van der Waals surface area contributed by atoms with Gasteiger partial charge in [-0.05, 0) is 147 Å². The highest BCUT2D eigenvalue weighted by molar-refractivity contribution is 5.88. The number of hydrogen-bond acceptors (Lipinski definition) is 2. The van der Waals surface area contributed by atoms with Gasteiger partial charge in [-0.25, -0.2) is 0 Å². The van der Waals surface area contributed by atoms with E-state index in [-0.39, 0.29) is 5.41 Å². The van der Waals surface area contributed by atoms with Crippen molar-refractivity contribution >= 4 is 34.1 Å². The van der Waals surface area contributed by atoms with E-state index in [0.29, 0.717) is 5.92 Å². The summed E-state index contributed by atoms with van der Waals surface area (Å²) in [6.07, 6.45) is 19.1. The van der Waals surface area contributed by atoms with Gasteiger partial charge in [0.25, 0.3) is 0 Å². The van der Waals surface area contributed by atoms with E-state index in [4.69, 9.17) is 0 Å². The summed E-state index contributed by atoms with van der Waals surface area (Å²) >= 11 is 0. The maximum atomic E-state index is 2.61. The van der Waals surface area contributed by atoms with Gasteiger partial charge in [0.2, 0.25) is 0 Å². The van der Waals surface area contributed by atoms with Gasteiger partial charge in [0.15, 0.2) is 0 Å². The van der Waals surface area contributed by atoms with Gasteiger partial charge in [-0.3, -0.25) is 0 Å². The standard InChI is InChI=1S/C60H74N2/c1-8-11-13-15-17-19-41-60(42-20-18-16-14-12-9-2)58-43-54(61(50-29-21-45(4)22-30-50)51-31-23-46(5)24-32-51)37-39-56(58)57-40-38-55(44-59(57)60)62(52-33-25-47(6)26-34-52)53-35-27-49(28-36-53)48(7)10-3/h21-40,43-44,48H,8-20,41-42H2,1-7H3. The van der Waals surface area contributed by atoms with Crippen LogP contribution >= 0.6 is 0 Å². The quantitative estimate of drug-likeness (QED) is 0.0630. The predicted octanol–water partition coefficient (Wildman–Crippen LogP) is 18.8. The second kappa shape index (κ2) is 21.3. The summed E-state index contributed by atoms with van der Waals surface area (Å²) in [5.41, 5.74) is 18.3. The van der Waals surface area contributed by atoms with Crippen LogP contribution in [0.2, 0.25) is 0 Å². The first-order valence-corrected chi connectivity index (χ1v) is 24.5. The molecule has 7 rings (SSSR count). The zero-order chi connectivity index (χ0) is 43.5. The van der Waals surface area contributed by atoms with Gasteiger partial charge in [-0.2, -0.15) is 0 Å². The molecule has 0 saturated carbocycles. The monoisotopic (exact) mass is 823 g/mol. The van der Waals surface area contributed by atoms with E-state index in [1.54, 1.807) is 0 Å². The lowest BCUT2D eigenvalue weighted by Gasteiger charge is -2.35. The molecule has 324 valence electrons. The number of unbranched alkanes of at least 4 members (excludes halogenated alkanes) is 10. The highest BCUT2D eigenvalue weighted by Gasteiger charge is 2.43. The third kappa shape index (κ3) is 10.2.